The Bertz CT molecular complexity index is 1300. The number of amides is 1. The Labute approximate surface area is 247 Å². The lowest BCUT2D eigenvalue weighted by Gasteiger charge is -2.45. The molecule has 5 rings (SSSR count). The number of carbonyl (C=O) groups excluding carboxylic acids is 2. The number of nitrogens with zero attached hydrogens (tertiary/aromatic N) is 2. The normalized spacial score (nSPS) is 23.6. The van der Waals surface area contributed by atoms with E-state index in [0.29, 0.717) is 51.3 Å². The van der Waals surface area contributed by atoms with E-state index in [4.69, 9.17) is 9.47 Å². The third-order valence-electron chi connectivity index (χ3n) is 8.76. The van der Waals surface area contributed by atoms with Crippen molar-refractivity contribution in [2.24, 2.45) is 5.92 Å². The van der Waals surface area contributed by atoms with Gasteiger partial charge in [0, 0.05) is 51.8 Å². The molecule has 1 amide bonds. The van der Waals surface area contributed by atoms with Gasteiger partial charge in [-0.15, -0.1) is 0 Å². The van der Waals surface area contributed by atoms with Crippen LogP contribution < -0.4 is 5.32 Å². The highest BCUT2D eigenvalue weighted by Crippen LogP contribution is 2.33. The number of halogens is 2. The Hall–Kier alpha value is -2.88. The predicted molar refractivity (Wildman–Crippen MR) is 156 cm³/mol. The number of hydrogen-bond acceptors (Lipinski definition) is 6. The lowest BCUT2D eigenvalue weighted by molar-refractivity contribution is -0.163. The Balaban J connectivity index is 1.35. The first-order chi connectivity index (χ1) is 20.0. The topological polar surface area (TPSA) is 71.1 Å². The Morgan fingerprint density at radius 3 is 2.57 bits per heavy atom. The number of aryl methyl sites for hydroxylation is 2. The van der Waals surface area contributed by atoms with E-state index in [9.17, 15) is 18.4 Å². The van der Waals surface area contributed by atoms with Crippen molar-refractivity contribution in [3.8, 4) is 0 Å². The molecule has 3 aliphatic rings. The summed E-state index contributed by atoms with van der Waals surface area (Å²) in [6.45, 7) is 8.13. The number of methoxy groups -OCH3 is 1. The van der Waals surface area contributed by atoms with Gasteiger partial charge in [0.1, 0.15) is 23.3 Å². The SMILES string of the molecule is COC[C@H]1CN(C(Cc2ccc3c(c2)CCC3)C(=O)OC(C)(C)C)CCN1C(=O)[C@@H]1CNC[C@H]1c1ccc(F)cc1F. The molecular weight excluding hydrogens is 540 g/mol. The number of carbonyl (C=O) groups is 2. The minimum Gasteiger partial charge on any atom is -0.459 e. The van der Waals surface area contributed by atoms with Crippen LogP contribution in [0, 0.1) is 17.6 Å². The number of ether oxygens (including phenoxy) is 2. The first-order valence-electron chi connectivity index (χ1n) is 15.1. The van der Waals surface area contributed by atoms with E-state index in [1.807, 2.05) is 25.7 Å². The highest BCUT2D eigenvalue weighted by molar-refractivity contribution is 5.81. The monoisotopic (exact) mass is 583 g/mol. The standard InChI is InChI=1S/C33H43F2N3O4/c1-33(2,3)42-32(40)30(15-21-8-9-22-6-5-7-23(22)14-21)37-12-13-38(25(19-37)20-41-4)31(39)28-18-36-17-27(28)26-11-10-24(34)16-29(26)35/h8-11,14,16,25,27-28,30,36H,5-7,12-13,15,17-20H2,1-4H3/t25-,27+,28-,30?/m1/s1. The lowest BCUT2D eigenvalue weighted by Crippen LogP contribution is -2.62. The highest BCUT2D eigenvalue weighted by atomic mass is 19.1. The number of piperazine rings is 1. The molecule has 4 atom stereocenters. The molecule has 0 bridgehead atoms. The van der Waals surface area contributed by atoms with E-state index < -0.39 is 35.1 Å². The van der Waals surface area contributed by atoms with Crippen LogP contribution in [0.25, 0.3) is 0 Å². The Morgan fingerprint density at radius 2 is 1.83 bits per heavy atom. The van der Waals surface area contributed by atoms with Crippen LogP contribution in [0.1, 0.15) is 55.4 Å². The van der Waals surface area contributed by atoms with E-state index in [0.717, 1.165) is 30.9 Å². The van der Waals surface area contributed by atoms with Crippen molar-refractivity contribution in [2.45, 2.75) is 70.1 Å². The van der Waals surface area contributed by atoms with Crippen molar-refractivity contribution in [1.82, 2.24) is 15.1 Å². The molecule has 0 saturated carbocycles. The van der Waals surface area contributed by atoms with E-state index in [-0.39, 0.29) is 17.9 Å². The van der Waals surface area contributed by atoms with E-state index in [1.165, 1.54) is 23.3 Å². The van der Waals surface area contributed by atoms with Crippen LogP contribution in [0.4, 0.5) is 8.78 Å². The highest BCUT2D eigenvalue weighted by Gasteiger charge is 2.43. The number of nitrogens with one attached hydrogen (secondary N) is 1. The molecule has 1 aliphatic carbocycles. The van der Waals surface area contributed by atoms with Crippen LogP contribution in [0.5, 0.6) is 0 Å². The maximum absolute atomic E-state index is 14.7. The molecule has 2 heterocycles. The molecule has 0 aromatic heterocycles. The summed E-state index contributed by atoms with van der Waals surface area (Å²) in [4.78, 5) is 31.5. The van der Waals surface area contributed by atoms with Gasteiger partial charge >= 0.3 is 5.97 Å². The molecule has 228 valence electrons. The summed E-state index contributed by atoms with van der Waals surface area (Å²) in [5.41, 5.74) is 3.58. The molecule has 1 N–H and O–H groups in total. The minimum absolute atomic E-state index is 0.0807. The fourth-order valence-corrected chi connectivity index (χ4v) is 6.77. The van der Waals surface area contributed by atoms with Gasteiger partial charge in [-0.25, -0.2) is 8.78 Å². The fraction of sp³-hybridized carbons (Fsp3) is 0.576. The van der Waals surface area contributed by atoms with Gasteiger partial charge in [0.05, 0.1) is 18.6 Å². The quantitative estimate of drug-likeness (QED) is 0.476. The molecule has 42 heavy (non-hydrogen) atoms. The van der Waals surface area contributed by atoms with Gasteiger partial charge < -0.3 is 19.7 Å². The van der Waals surface area contributed by atoms with Crippen molar-refractivity contribution in [2.75, 3.05) is 46.4 Å². The van der Waals surface area contributed by atoms with E-state index in [1.54, 1.807) is 7.11 Å². The third-order valence-corrected chi connectivity index (χ3v) is 8.76. The summed E-state index contributed by atoms with van der Waals surface area (Å²) in [7, 11) is 1.60. The summed E-state index contributed by atoms with van der Waals surface area (Å²) in [5, 5.41) is 3.23. The van der Waals surface area contributed by atoms with E-state index >= 15 is 0 Å². The molecule has 2 fully saturated rings. The molecule has 9 heteroatoms. The first kappa shape index (κ1) is 30.6. The molecule has 7 nitrogen and oxygen atoms in total. The number of benzene rings is 2. The van der Waals surface area contributed by atoms with Crippen LogP contribution in [0.3, 0.4) is 0 Å². The first-order valence-corrected chi connectivity index (χ1v) is 15.1. The third kappa shape index (κ3) is 6.84. The summed E-state index contributed by atoms with van der Waals surface area (Å²) in [6, 6.07) is 9.29. The average molecular weight is 584 g/mol. The largest absolute Gasteiger partial charge is 0.459 e. The lowest BCUT2D eigenvalue weighted by atomic mass is 9.87. The van der Waals surface area contributed by atoms with Gasteiger partial charge in [0.25, 0.3) is 0 Å². The van der Waals surface area contributed by atoms with Gasteiger partial charge in [-0.05, 0) is 74.8 Å². The zero-order valence-electron chi connectivity index (χ0n) is 25.1. The fourth-order valence-electron chi connectivity index (χ4n) is 6.77. The van der Waals surface area contributed by atoms with E-state index in [2.05, 4.69) is 28.4 Å². The summed E-state index contributed by atoms with van der Waals surface area (Å²) >= 11 is 0. The van der Waals surface area contributed by atoms with Crippen molar-refractivity contribution < 1.29 is 27.8 Å². The molecular formula is C33H43F2N3O4. The van der Waals surface area contributed by atoms with Crippen molar-refractivity contribution in [3.63, 3.8) is 0 Å². The Morgan fingerprint density at radius 1 is 1.05 bits per heavy atom. The Kier molecular flexibility index (Phi) is 9.30. The summed E-state index contributed by atoms with van der Waals surface area (Å²) in [6.07, 6.45) is 3.85. The van der Waals surface area contributed by atoms with Crippen LogP contribution >= 0.6 is 0 Å². The molecule has 0 spiro atoms. The van der Waals surface area contributed by atoms with Crippen molar-refractivity contribution in [3.05, 3.63) is 70.3 Å². The van der Waals surface area contributed by atoms with Gasteiger partial charge in [-0.2, -0.15) is 0 Å². The summed E-state index contributed by atoms with van der Waals surface area (Å²) in [5.74, 6) is -2.50. The molecule has 2 aromatic carbocycles. The predicted octanol–water partition coefficient (Wildman–Crippen LogP) is 3.87. The average Bonchev–Trinajstić information content (AvgIpc) is 3.60. The van der Waals surface area contributed by atoms with Gasteiger partial charge in [-0.1, -0.05) is 24.3 Å². The molecule has 1 unspecified atom stereocenters. The minimum atomic E-state index is -0.638. The van der Waals surface area contributed by atoms with Crippen molar-refractivity contribution in [1.29, 1.82) is 0 Å². The smallest absolute Gasteiger partial charge is 0.324 e. The molecule has 2 aromatic rings. The van der Waals surface area contributed by atoms with Crippen LogP contribution in [-0.4, -0.2) is 85.8 Å². The molecule has 0 radical (unpaired) electrons. The number of hydrogen-bond donors (Lipinski definition) is 1. The van der Waals surface area contributed by atoms with Crippen molar-refractivity contribution >= 4 is 11.9 Å². The zero-order chi connectivity index (χ0) is 30.0. The van der Waals surface area contributed by atoms with Crippen LogP contribution in [0.15, 0.2) is 36.4 Å². The van der Waals surface area contributed by atoms with Crippen LogP contribution in [0.2, 0.25) is 0 Å². The number of esters is 1. The van der Waals surface area contributed by atoms with Gasteiger partial charge in [-0.3, -0.25) is 14.5 Å². The van der Waals surface area contributed by atoms with Gasteiger partial charge in [0.2, 0.25) is 5.91 Å². The molecule has 2 aliphatic heterocycles. The second-order valence-electron chi connectivity index (χ2n) is 12.9. The number of fused-ring (bicyclic) bond motifs is 1. The summed E-state index contributed by atoms with van der Waals surface area (Å²) < 4.78 is 39.7. The second kappa shape index (κ2) is 12.8. The number of rotatable bonds is 8. The molecule has 2 saturated heterocycles. The maximum Gasteiger partial charge on any atom is 0.324 e. The van der Waals surface area contributed by atoms with Gasteiger partial charge in [0.15, 0.2) is 0 Å². The zero-order valence-corrected chi connectivity index (χ0v) is 25.1. The second-order valence-corrected chi connectivity index (χ2v) is 12.9. The maximum atomic E-state index is 14.7. The van der Waals surface area contributed by atoms with Crippen LogP contribution in [-0.2, 0) is 38.3 Å².